The topological polar surface area (TPSA) is 20.2 Å². The monoisotopic (exact) mass is 306 g/mol. The number of fused-ring (bicyclic) bond motifs is 7. The highest BCUT2D eigenvalue weighted by atomic mass is 32.1. The van der Waals surface area contributed by atoms with E-state index in [-0.39, 0.29) is 0 Å². The molecule has 0 atom stereocenters. The van der Waals surface area contributed by atoms with E-state index in [0.29, 0.717) is 5.75 Å². The number of thiophene rings is 2. The van der Waals surface area contributed by atoms with Gasteiger partial charge in [-0.3, -0.25) is 0 Å². The lowest BCUT2D eigenvalue weighted by atomic mass is 10.1. The summed E-state index contributed by atoms with van der Waals surface area (Å²) >= 11 is 3.61. The molecular weight excluding hydrogens is 296 g/mol. The first kappa shape index (κ1) is 11.5. The smallest absolute Gasteiger partial charge is 0.124 e. The normalized spacial score (nSPS) is 12.0. The van der Waals surface area contributed by atoms with Gasteiger partial charge in [-0.25, -0.2) is 0 Å². The van der Waals surface area contributed by atoms with E-state index < -0.39 is 0 Å². The molecule has 3 aromatic carbocycles. The van der Waals surface area contributed by atoms with Crippen molar-refractivity contribution in [2.75, 3.05) is 0 Å². The van der Waals surface area contributed by atoms with Crippen LogP contribution < -0.4 is 0 Å². The molecular formula is C18H10OS2. The van der Waals surface area contributed by atoms with Gasteiger partial charge < -0.3 is 5.11 Å². The molecule has 100 valence electrons. The number of rotatable bonds is 0. The summed E-state index contributed by atoms with van der Waals surface area (Å²) in [4.78, 5) is 0. The summed E-state index contributed by atoms with van der Waals surface area (Å²) in [6, 6.07) is 18.6. The van der Waals surface area contributed by atoms with Crippen LogP contribution in [0.15, 0.2) is 54.6 Å². The van der Waals surface area contributed by atoms with Crippen LogP contribution in [0.4, 0.5) is 0 Å². The molecule has 0 bridgehead atoms. The predicted molar refractivity (Wildman–Crippen MR) is 93.9 cm³/mol. The summed E-state index contributed by atoms with van der Waals surface area (Å²) in [6.45, 7) is 0. The minimum atomic E-state index is 0.374. The summed E-state index contributed by atoms with van der Waals surface area (Å²) in [5.74, 6) is 0.374. The molecule has 0 amide bonds. The van der Waals surface area contributed by atoms with Gasteiger partial charge in [-0.2, -0.15) is 0 Å². The standard InChI is InChI=1S/C18H10OS2/c19-13-5-3-7-15-16(13)12-9-8-11-10-4-1-2-6-14(10)20-17(11)18(12)21-15/h1-9,19H. The Kier molecular flexibility index (Phi) is 2.18. The molecule has 0 saturated carbocycles. The number of phenols is 1. The van der Waals surface area contributed by atoms with Gasteiger partial charge in [0.2, 0.25) is 0 Å². The molecule has 2 heterocycles. The van der Waals surface area contributed by atoms with Crippen LogP contribution in [0.1, 0.15) is 0 Å². The second-order valence-corrected chi connectivity index (χ2v) is 7.27. The van der Waals surface area contributed by atoms with Crippen LogP contribution in [-0.4, -0.2) is 5.11 Å². The first-order valence-electron chi connectivity index (χ1n) is 6.77. The molecule has 1 N–H and O–H groups in total. The van der Waals surface area contributed by atoms with Crippen LogP contribution in [-0.2, 0) is 0 Å². The number of hydrogen-bond donors (Lipinski definition) is 1. The second-order valence-electron chi connectivity index (χ2n) is 5.17. The van der Waals surface area contributed by atoms with Gasteiger partial charge in [-0.05, 0) is 18.2 Å². The van der Waals surface area contributed by atoms with Crippen LogP contribution in [0.2, 0.25) is 0 Å². The van der Waals surface area contributed by atoms with Crippen molar-refractivity contribution in [2.45, 2.75) is 0 Å². The highest BCUT2D eigenvalue weighted by Crippen LogP contribution is 2.45. The minimum absolute atomic E-state index is 0.374. The molecule has 3 heteroatoms. The van der Waals surface area contributed by atoms with E-state index in [0.717, 1.165) is 15.5 Å². The van der Waals surface area contributed by atoms with Crippen molar-refractivity contribution in [1.29, 1.82) is 0 Å². The van der Waals surface area contributed by atoms with E-state index in [1.165, 1.54) is 24.9 Å². The molecule has 0 saturated heterocycles. The molecule has 2 aromatic heterocycles. The van der Waals surface area contributed by atoms with Crippen LogP contribution >= 0.6 is 22.7 Å². The van der Waals surface area contributed by atoms with Gasteiger partial charge in [-0.1, -0.05) is 36.4 Å². The molecule has 0 aliphatic rings. The van der Waals surface area contributed by atoms with Crippen molar-refractivity contribution in [3.63, 3.8) is 0 Å². The van der Waals surface area contributed by atoms with E-state index in [1.807, 2.05) is 17.4 Å². The van der Waals surface area contributed by atoms with Gasteiger partial charge in [0.1, 0.15) is 5.75 Å². The van der Waals surface area contributed by atoms with Crippen LogP contribution in [0.5, 0.6) is 5.75 Å². The lowest BCUT2D eigenvalue weighted by molar-refractivity contribution is 0.482. The quantitative estimate of drug-likeness (QED) is 0.365. The fraction of sp³-hybridized carbons (Fsp3) is 0. The fourth-order valence-electron chi connectivity index (χ4n) is 3.05. The van der Waals surface area contributed by atoms with Crippen molar-refractivity contribution in [1.82, 2.24) is 0 Å². The molecule has 1 nitrogen and oxygen atoms in total. The van der Waals surface area contributed by atoms with Crippen molar-refractivity contribution in [2.24, 2.45) is 0 Å². The Morgan fingerprint density at radius 3 is 2.29 bits per heavy atom. The van der Waals surface area contributed by atoms with Gasteiger partial charge in [0.25, 0.3) is 0 Å². The highest BCUT2D eigenvalue weighted by molar-refractivity contribution is 7.33. The fourth-order valence-corrected chi connectivity index (χ4v) is 5.61. The van der Waals surface area contributed by atoms with Gasteiger partial charge in [0.15, 0.2) is 0 Å². The van der Waals surface area contributed by atoms with Gasteiger partial charge in [0, 0.05) is 30.9 Å². The Hall–Kier alpha value is -2.10. The first-order valence-corrected chi connectivity index (χ1v) is 8.41. The zero-order valence-corrected chi connectivity index (χ0v) is 12.6. The zero-order chi connectivity index (χ0) is 14.0. The largest absolute Gasteiger partial charge is 0.507 e. The Morgan fingerprint density at radius 2 is 1.33 bits per heavy atom. The average Bonchev–Trinajstić information content (AvgIpc) is 3.05. The Morgan fingerprint density at radius 1 is 0.619 bits per heavy atom. The first-order chi connectivity index (χ1) is 10.3. The summed E-state index contributed by atoms with van der Waals surface area (Å²) < 4.78 is 5.08. The maximum absolute atomic E-state index is 10.2. The van der Waals surface area contributed by atoms with Crippen LogP contribution in [0, 0.1) is 0 Å². The van der Waals surface area contributed by atoms with Crippen molar-refractivity contribution in [3.8, 4) is 5.75 Å². The van der Waals surface area contributed by atoms with Gasteiger partial charge in [-0.15, -0.1) is 22.7 Å². The number of phenolic OH excluding ortho intramolecular Hbond substituents is 1. The minimum Gasteiger partial charge on any atom is -0.507 e. The zero-order valence-electron chi connectivity index (χ0n) is 11.0. The molecule has 0 aliphatic carbocycles. The van der Waals surface area contributed by atoms with E-state index >= 15 is 0 Å². The highest BCUT2D eigenvalue weighted by Gasteiger charge is 2.14. The molecule has 5 rings (SSSR count). The van der Waals surface area contributed by atoms with Crippen LogP contribution in [0.3, 0.4) is 0 Å². The van der Waals surface area contributed by atoms with E-state index in [9.17, 15) is 5.11 Å². The third-order valence-corrected chi connectivity index (χ3v) is 6.51. The van der Waals surface area contributed by atoms with E-state index in [4.69, 9.17) is 0 Å². The van der Waals surface area contributed by atoms with Gasteiger partial charge in [0.05, 0.1) is 9.40 Å². The van der Waals surface area contributed by atoms with Crippen molar-refractivity contribution in [3.05, 3.63) is 54.6 Å². The predicted octanol–water partition coefficient (Wildman–Crippen LogP) is 6.13. The summed E-state index contributed by atoms with van der Waals surface area (Å²) in [5, 5.41) is 15.0. The molecule has 0 radical (unpaired) electrons. The maximum atomic E-state index is 10.2. The summed E-state index contributed by atoms with van der Waals surface area (Å²) in [5.41, 5.74) is 0. The van der Waals surface area contributed by atoms with Crippen molar-refractivity contribution >= 4 is 63.0 Å². The lowest BCUT2D eigenvalue weighted by Gasteiger charge is -1.96. The summed E-state index contributed by atoms with van der Waals surface area (Å²) in [7, 11) is 0. The maximum Gasteiger partial charge on any atom is 0.124 e. The summed E-state index contributed by atoms with van der Waals surface area (Å²) in [6.07, 6.45) is 0. The third-order valence-electron chi connectivity index (χ3n) is 3.99. The molecule has 0 spiro atoms. The molecule has 0 aliphatic heterocycles. The number of aromatic hydroxyl groups is 1. The Bertz CT molecular complexity index is 1150. The Balaban J connectivity index is 2.09. The van der Waals surface area contributed by atoms with Crippen LogP contribution in [0.25, 0.3) is 40.3 Å². The number of hydrogen-bond acceptors (Lipinski definition) is 3. The van der Waals surface area contributed by atoms with E-state index in [2.05, 4.69) is 42.5 Å². The van der Waals surface area contributed by atoms with E-state index in [1.54, 1.807) is 17.4 Å². The molecule has 0 unspecified atom stereocenters. The number of benzene rings is 3. The molecule has 21 heavy (non-hydrogen) atoms. The van der Waals surface area contributed by atoms with Crippen molar-refractivity contribution < 1.29 is 5.11 Å². The second kappa shape index (κ2) is 3.97. The Labute approximate surface area is 128 Å². The SMILES string of the molecule is Oc1cccc2sc3c(ccc4c5ccccc5sc43)c12. The molecule has 5 aromatic rings. The molecule has 0 fully saturated rings. The van der Waals surface area contributed by atoms with Gasteiger partial charge >= 0.3 is 0 Å². The lowest BCUT2D eigenvalue weighted by Crippen LogP contribution is -1.69. The average molecular weight is 306 g/mol. The third kappa shape index (κ3) is 1.45.